The Bertz CT molecular complexity index is 2560. The van der Waals surface area contributed by atoms with Gasteiger partial charge in [0.25, 0.3) is 0 Å². The lowest BCUT2D eigenvalue weighted by Gasteiger charge is -2.19. The first-order valence-corrected chi connectivity index (χ1v) is 15.5. The van der Waals surface area contributed by atoms with Crippen LogP contribution < -0.4 is 0 Å². The zero-order valence-electron chi connectivity index (χ0n) is 24.9. The monoisotopic (exact) mass is 585 g/mol. The summed E-state index contributed by atoms with van der Waals surface area (Å²) in [7, 11) is 0. The Hall–Kier alpha value is -6.37. The Morgan fingerprint density at radius 3 is 1.37 bits per heavy atom. The summed E-state index contributed by atoms with van der Waals surface area (Å²) in [5, 5.41) is 14.6. The fourth-order valence-electron chi connectivity index (χ4n) is 7.16. The first kappa shape index (κ1) is 26.1. The maximum Gasteiger partial charge on any atom is 0.0991 e. The molecule has 2 heterocycles. The average molecular weight is 586 g/mol. The third-order valence-electron chi connectivity index (χ3n) is 9.16. The summed E-state index contributed by atoms with van der Waals surface area (Å²) in [6.07, 6.45) is 0. The number of hydrogen-bond acceptors (Lipinski definition) is 1. The van der Waals surface area contributed by atoms with Crippen molar-refractivity contribution < 1.29 is 0 Å². The van der Waals surface area contributed by atoms with Crippen molar-refractivity contribution in [2.75, 3.05) is 0 Å². The van der Waals surface area contributed by atoms with Crippen molar-refractivity contribution in [3.05, 3.63) is 169 Å². The maximum atomic E-state index is 9.67. The minimum absolute atomic E-state index is 0.649. The number of benzene rings is 7. The van der Waals surface area contributed by atoms with E-state index in [-0.39, 0.29) is 0 Å². The van der Waals surface area contributed by atoms with Crippen LogP contribution in [0.5, 0.6) is 0 Å². The fraction of sp³-hybridized carbons (Fsp3) is 0. The van der Waals surface area contributed by atoms with Crippen molar-refractivity contribution in [2.24, 2.45) is 0 Å². The van der Waals surface area contributed by atoms with Gasteiger partial charge in [0, 0.05) is 32.7 Å². The molecule has 0 spiro atoms. The molecule has 7 aromatic carbocycles. The van der Waals surface area contributed by atoms with Crippen LogP contribution in [0, 0.1) is 11.3 Å². The van der Waals surface area contributed by atoms with Gasteiger partial charge in [-0.25, -0.2) is 0 Å². The highest BCUT2D eigenvalue weighted by Gasteiger charge is 2.20. The second-order valence-electron chi connectivity index (χ2n) is 11.7. The van der Waals surface area contributed by atoms with Crippen LogP contribution in [0.15, 0.2) is 164 Å². The summed E-state index contributed by atoms with van der Waals surface area (Å²) in [5.41, 5.74) is 11.9. The van der Waals surface area contributed by atoms with Crippen molar-refractivity contribution in [1.82, 2.24) is 9.13 Å². The number of fused-ring (bicyclic) bond motifs is 6. The zero-order chi connectivity index (χ0) is 30.6. The molecule has 0 bridgehead atoms. The lowest BCUT2D eigenvalue weighted by atomic mass is 9.95. The molecule has 0 fully saturated rings. The smallest absolute Gasteiger partial charge is 0.0991 e. The lowest BCUT2D eigenvalue weighted by molar-refractivity contribution is 1.16. The van der Waals surface area contributed by atoms with E-state index in [9.17, 15) is 5.26 Å². The molecule has 0 saturated heterocycles. The van der Waals surface area contributed by atoms with Gasteiger partial charge in [-0.05, 0) is 65.7 Å². The van der Waals surface area contributed by atoms with Gasteiger partial charge in [0.1, 0.15) is 0 Å². The predicted octanol–water partition coefficient (Wildman–Crippen LogP) is 11.1. The summed E-state index contributed by atoms with van der Waals surface area (Å²) in [4.78, 5) is 0. The molecule has 46 heavy (non-hydrogen) atoms. The number of nitrogens with zero attached hydrogens (tertiary/aromatic N) is 3. The van der Waals surface area contributed by atoms with Gasteiger partial charge in [0.05, 0.1) is 45.1 Å². The van der Waals surface area contributed by atoms with Crippen LogP contribution in [-0.4, -0.2) is 9.13 Å². The molecule has 2 aromatic heterocycles. The molecule has 214 valence electrons. The van der Waals surface area contributed by atoms with E-state index in [0.29, 0.717) is 5.56 Å². The molecule has 3 heteroatoms. The first-order valence-electron chi connectivity index (χ1n) is 15.5. The Morgan fingerprint density at radius 2 is 0.826 bits per heavy atom. The summed E-state index contributed by atoms with van der Waals surface area (Å²) in [5.74, 6) is 0. The number of aromatic nitrogens is 2. The number of para-hydroxylation sites is 5. The second-order valence-corrected chi connectivity index (χ2v) is 11.7. The van der Waals surface area contributed by atoms with Crippen molar-refractivity contribution in [2.45, 2.75) is 0 Å². The first-order chi connectivity index (χ1) is 22.8. The van der Waals surface area contributed by atoms with Crippen LogP contribution in [0.4, 0.5) is 0 Å². The molecule has 0 atom stereocenters. The van der Waals surface area contributed by atoms with E-state index in [4.69, 9.17) is 0 Å². The van der Waals surface area contributed by atoms with E-state index >= 15 is 0 Å². The third-order valence-corrected chi connectivity index (χ3v) is 9.16. The number of nitriles is 1. The molecule has 0 aliphatic carbocycles. The van der Waals surface area contributed by atoms with Crippen LogP contribution in [0.3, 0.4) is 0 Å². The van der Waals surface area contributed by atoms with Gasteiger partial charge in [-0.1, -0.05) is 109 Å². The van der Waals surface area contributed by atoms with Crippen molar-refractivity contribution in [3.63, 3.8) is 0 Å². The largest absolute Gasteiger partial charge is 0.309 e. The van der Waals surface area contributed by atoms with E-state index in [1.165, 1.54) is 43.6 Å². The SMILES string of the molecule is N#Cc1cccc(-c2ccc(-n3c4ccccc4c4ccccc43)c(-c3ccccc3-n3c4ccccc4c4ccccc43)c2)c1. The summed E-state index contributed by atoms with van der Waals surface area (Å²) in [6.45, 7) is 0. The van der Waals surface area contributed by atoms with Crippen LogP contribution in [-0.2, 0) is 0 Å². The molecule has 0 radical (unpaired) electrons. The molecule has 0 saturated carbocycles. The highest BCUT2D eigenvalue weighted by Crippen LogP contribution is 2.42. The van der Waals surface area contributed by atoms with Gasteiger partial charge < -0.3 is 9.13 Å². The third kappa shape index (κ3) is 3.91. The molecule has 0 aliphatic rings. The Kier molecular flexibility index (Phi) is 5.88. The topological polar surface area (TPSA) is 33.6 Å². The molecule has 0 aliphatic heterocycles. The molecular weight excluding hydrogens is 558 g/mol. The second kappa shape index (κ2) is 10.4. The quantitative estimate of drug-likeness (QED) is 0.202. The Labute approximate surface area is 266 Å². The molecular formula is C43H27N3. The van der Waals surface area contributed by atoms with Gasteiger partial charge >= 0.3 is 0 Å². The summed E-state index contributed by atoms with van der Waals surface area (Å²) < 4.78 is 4.80. The number of hydrogen-bond donors (Lipinski definition) is 0. The van der Waals surface area contributed by atoms with E-state index in [1.807, 2.05) is 18.2 Å². The van der Waals surface area contributed by atoms with Gasteiger partial charge in [0.2, 0.25) is 0 Å². The average Bonchev–Trinajstić information content (AvgIpc) is 3.64. The van der Waals surface area contributed by atoms with Gasteiger partial charge in [-0.2, -0.15) is 5.26 Å². The minimum Gasteiger partial charge on any atom is -0.309 e. The zero-order valence-corrected chi connectivity index (χ0v) is 24.9. The standard InChI is InChI=1S/C43H27N3/c44-28-29-12-11-13-30(26-29)31-24-25-43(46-40-21-8-3-16-34(40)35-17-4-9-22-41(35)46)37(27-31)36-18-5-10-23-42(36)45-38-19-6-1-14-32(38)33-15-2-7-20-39(33)45/h1-27H. The van der Waals surface area contributed by atoms with Crippen LogP contribution in [0.1, 0.15) is 5.56 Å². The Balaban J connectivity index is 1.40. The van der Waals surface area contributed by atoms with Gasteiger partial charge in [0.15, 0.2) is 0 Å². The maximum absolute atomic E-state index is 9.67. The number of rotatable bonds is 4. The Morgan fingerprint density at radius 1 is 0.370 bits per heavy atom. The highest BCUT2D eigenvalue weighted by molar-refractivity contribution is 6.11. The van der Waals surface area contributed by atoms with Crippen molar-refractivity contribution in [3.8, 4) is 39.7 Å². The lowest BCUT2D eigenvalue weighted by Crippen LogP contribution is -2.02. The van der Waals surface area contributed by atoms with Crippen molar-refractivity contribution >= 4 is 43.6 Å². The summed E-state index contributed by atoms with van der Waals surface area (Å²) >= 11 is 0. The van der Waals surface area contributed by atoms with E-state index in [1.54, 1.807) is 0 Å². The molecule has 9 rings (SSSR count). The normalized spacial score (nSPS) is 11.5. The predicted molar refractivity (Wildman–Crippen MR) is 191 cm³/mol. The summed E-state index contributed by atoms with van der Waals surface area (Å²) in [6, 6.07) is 60.2. The van der Waals surface area contributed by atoms with E-state index in [0.717, 1.165) is 33.6 Å². The molecule has 9 aromatic rings. The molecule has 3 nitrogen and oxygen atoms in total. The minimum atomic E-state index is 0.649. The van der Waals surface area contributed by atoms with Gasteiger partial charge in [-0.15, -0.1) is 0 Å². The van der Waals surface area contributed by atoms with E-state index in [2.05, 4.69) is 161 Å². The molecule has 0 N–H and O–H groups in total. The molecule has 0 unspecified atom stereocenters. The molecule has 0 amide bonds. The fourth-order valence-corrected chi connectivity index (χ4v) is 7.16. The van der Waals surface area contributed by atoms with Gasteiger partial charge in [-0.3, -0.25) is 0 Å². The van der Waals surface area contributed by atoms with Crippen LogP contribution in [0.25, 0.3) is 77.2 Å². The van der Waals surface area contributed by atoms with Crippen molar-refractivity contribution in [1.29, 1.82) is 5.26 Å². The highest BCUT2D eigenvalue weighted by atomic mass is 15.0. The van der Waals surface area contributed by atoms with Crippen LogP contribution in [0.2, 0.25) is 0 Å². The van der Waals surface area contributed by atoms with Crippen LogP contribution >= 0.6 is 0 Å². The van der Waals surface area contributed by atoms with E-state index < -0.39 is 0 Å².